The van der Waals surface area contributed by atoms with Crippen molar-refractivity contribution in [2.75, 3.05) is 0 Å². The van der Waals surface area contributed by atoms with E-state index in [1.807, 2.05) is 13.8 Å². The van der Waals surface area contributed by atoms with Gasteiger partial charge in [-0.3, -0.25) is 19.2 Å². The zero-order valence-electron chi connectivity index (χ0n) is 25.1. The molecule has 2 saturated carbocycles. The first-order valence-electron chi connectivity index (χ1n) is 14.7. The minimum atomic E-state index is -2.26. The number of hydrogen-bond acceptors (Lipinski definition) is 11. The van der Waals surface area contributed by atoms with E-state index in [-0.39, 0.29) is 25.7 Å². The summed E-state index contributed by atoms with van der Waals surface area (Å²) >= 11 is 6.80. The number of fused-ring (bicyclic) bond motifs is 4. The van der Waals surface area contributed by atoms with Crippen molar-refractivity contribution in [3.05, 3.63) is 12.2 Å². The number of rotatable bonds is 7. The van der Waals surface area contributed by atoms with Crippen LogP contribution < -0.4 is 0 Å². The Morgan fingerprint density at radius 1 is 1.02 bits per heavy atom. The molecule has 4 aliphatic rings. The van der Waals surface area contributed by atoms with E-state index in [9.17, 15) is 29.4 Å². The Balaban J connectivity index is 1.97. The van der Waals surface area contributed by atoms with Crippen LogP contribution in [0.1, 0.15) is 80.1 Å². The minimum Gasteiger partial charge on any atom is -0.462 e. The number of aliphatic hydroxyl groups is 2. The Morgan fingerprint density at radius 3 is 2.19 bits per heavy atom. The average Bonchev–Trinajstić information content (AvgIpc) is 3.67. The van der Waals surface area contributed by atoms with Crippen molar-refractivity contribution in [1.29, 1.82) is 0 Å². The van der Waals surface area contributed by atoms with Gasteiger partial charge in [-0.15, -0.1) is 11.6 Å². The van der Waals surface area contributed by atoms with E-state index in [0.717, 1.165) is 6.92 Å². The van der Waals surface area contributed by atoms with Gasteiger partial charge >= 0.3 is 23.9 Å². The first kappa shape index (κ1) is 32.7. The topological polar surface area (TPSA) is 158 Å². The first-order chi connectivity index (χ1) is 19.6. The van der Waals surface area contributed by atoms with Gasteiger partial charge in [0.05, 0.1) is 17.4 Å². The van der Waals surface area contributed by atoms with Gasteiger partial charge in [0.25, 0.3) is 0 Å². The van der Waals surface area contributed by atoms with Gasteiger partial charge in [0, 0.05) is 31.1 Å². The molecule has 11 nitrogen and oxygen atoms in total. The molecule has 0 radical (unpaired) electrons. The van der Waals surface area contributed by atoms with Crippen LogP contribution in [0.4, 0.5) is 0 Å². The van der Waals surface area contributed by atoms with Crippen LogP contribution in [0.3, 0.4) is 0 Å². The van der Waals surface area contributed by atoms with Gasteiger partial charge in [-0.05, 0) is 39.5 Å². The number of esters is 4. The normalized spacial score (nSPS) is 44.5. The van der Waals surface area contributed by atoms with E-state index in [0.29, 0.717) is 18.4 Å². The molecule has 0 aromatic carbocycles. The van der Waals surface area contributed by atoms with Gasteiger partial charge in [-0.2, -0.15) is 0 Å². The lowest BCUT2D eigenvalue weighted by Gasteiger charge is -2.57. The molecule has 0 spiro atoms. The third kappa shape index (κ3) is 5.24. The summed E-state index contributed by atoms with van der Waals surface area (Å²) in [5.41, 5.74) is -5.17. The molecule has 236 valence electrons. The van der Waals surface area contributed by atoms with Gasteiger partial charge in [-0.1, -0.05) is 32.9 Å². The lowest BCUT2D eigenvalue weighted by atomic mass is 9.52. The zero-order chi connectivity index (χ0) is 31.4. The predicted octanol–water partition coefficient (Wildman–Crippen LogP) is 2.75. The van der Waals surface area contributed by atoms with Crippen LogP contribution in [-0.4, -0.2) is 87.3 Å². The molecule has 0 aromatic heterocycles. The van der Waals surface area contributed by atoms with Crippen LogP contribution in [0.15, 0.2) is 12.2 Å². The lowest BCUT2D eigenvalue weighted by molar-refractivity contribution is -0.262. The molecule has 2 N–H and O–H groups in total. The maximum atomic E-state index is 13.0. The summed E-state index contributed by atoms with van der Waals surface area (Å²) in [6, 6.07) is 0. The molecule has 0 bridgehead atoms. The standard InChI is InChI=1S/C30H43ClO11/c1-8-10-18(33)39-17-13-12-14(3)20(31)23-30(37,15(4)27(35)42-23)26(38-16(5)32)22-28(17,6)24-21(41-24)25(29(22,7)36)40-19(34)11-9-2/h15,17,20-26,36-37H,3,8-13H2,1-2,4-7H3/t15-,17-,20-,21+,22+,23-,24-,25+,26-,28+,29-,30-/m0/s1. The number of hydrogen-bond donors (Lipinski definition) is 2. The van der Waals surface area contributed by atoms with Crippen molar-refractivity contribution < 1.29 is 53.1 Å². The van der Waals surface area contributed by atoms with Crippen LogP contribution in [0.2, 0.25) is 0 Å². The Hall–Kier alpha value is -2.21. The Morgan fingerprint density at radius 2 is 1.62 bits per heavy atom. The van der Waals surface area contributed by atoms with Gasteiger partial charge in [0.1, 0.15) is 23.9 Å². The van der Waals surface area contributed by atoms with Gasteiger partial charge in [-0.25, -0.2) is 0 Å². The second-order valence-corrected chi connectivity index (χ2v) is 13.0. The molecule has 0 unspecified atom stereocenters. The fourth-order valence-electron chi connectivity index (χ4n) is 7.43. The SMILES string of the molecule is C=C1CC[C@H](OC(=O)CCC)[C@@]2(C)[C@H]3O[C@H]3[C@@H](OC(=O)CCC)[C@@](C)(O)[C@@H]2[C@H](OC(C)=O)[C@]2(O)[C@@H](C)C(=O)O[C@H]2[C@H]1Cl. The zero-order valence-corrected chi connectivity index (χ0v) is 25.8. The maximum Gasteiger partial charge on any atom is 0.312 e. The average molecular weight is 615 g/mol. The largest absolute Gasteiger partial charge is 0.462 e. The van der Waals surface area contributed by atoms with Crippen molar-refractivity contribution in [2.24, 2.45) is 17.3 Å². The second kappa shape index (κ2) is 11.7. The molecule has 42 heavy (non-hydrogen) atoms. The minimum absolute atomic E-state index is 0.0952. The third-order valence-corrected chi connectivity index (χ3v) is 10.2. The van der Waals surface area contributed by atoms with E-state index < -0.39 is 94.3 Å². The molecule has 0 aromatic rings. The van der Waals surface area contributed by atoms with Crippen molar-refractivity contribution in [1.82, 2.24) is 0 Å². The molecule has 2 saturated heterocycles. The quantitative estimate of drug-likeness (QED) is 0.143. The van der Waals surface area contributed by atoms with Crippen molar-refractivity contribution in [2.45, 2.75) is 133 Å². The molecule has 2 heterocycles. The molecule has 2 aliphatic heterocycles. The van der Waals surface area contributed by atoms with Crippen LogP contribution >= 0.6 is 11.6 Å². The number of alkyl halides is 1. The monoisotopic (exact) mass is 614 g/mol. The van der Waals surface area contributed by atoms with Gasteiger partial charge < -0.3 is 33.9 Å². The predicted molar refractivity (Wildman–Crippen MR) is 148 cm³/mol. The Bertz CT molecular complexity index is 1120. The highest BCUT2D eigenvalue weighted by Crippen LogP contribution is 2.63. The van der Waals surface area contributed by atoms with Crippen LogP contribution in [0, 0.1) is 17.3 Å². The summed E-state index contributed by atoms with van der Waals surface area (Å²) in [4.78, 5) is 51.4. The second-order valence-electron chi connectivity index (χ2n) is 12.6. The van der Waals surface area contributed by atoms with Crippen LogP contribution in [-0.2, 0) is 42.9 Å². The molecule has 12 heteroatoms. The van der Waals surface area contributed by atoms with E-state index >= 15 is 0 Å². The Labute approximate surface area is 251 Å². The van der Waals surface area contributed by atoms with E-state index in [1.165, 1.54) is 13.8 Å². The van der Waals surface area contributed by atoms with Crippen LogP contribution in [0.25, 0.3) is 0 Å². The summed E-state index contributed by atoms with van der Waals surface area (Å²) in [6.07, 6.45) is -4.96. The summed E-state index contributed by atoms with van der Waals surface area (Å²) in [5, 5.41) is 23.9. The summed E-state index contributed by atoms with van der Waals surface area (Å²) in [5.74, 6) is -5.16. The van der Waals surface area contributed by atoms with Crippen molar-refractivity contribution >= 4 is 35.5 Å². The molecular formula is C30H43ClO11. The molecule has 4 fully saturated rings. The fraction of sp³-hybridized carbons (Fsp3) is 0.800. The number of carbonyl (C=O) groups excluding carboxylic acids is 4. The van der Waals surface area contributed by atoms with Gasteiger partial charge in [0.15, 0.2) is 17.8 Å². The van der Waals surface area contributed by atoms with E-state index in [2.05, 4.69) is 6.58 Å². The van der Waals surface area contributed by atoms with Crippen molar-refractivity contribution in [3.63, 3.8) is 0 Å². The summed E-state index contributed by atoms with van der Waals surface area (Å²) < 4.78 is 29.5. The van der Waals surface area contributed by atoms with E-state index in [1.54, 1.807) is 6.92 Å². The smallest absolute Gasteiger partial charge is 0.312 e. The number of carbonyl (C=O) groups is 4. The number of halogens is 1. The van der Waals surface area contributed by atoms with Crippen LogP contribution in [0.5, 0.6) is 0 Å². The molecule has 2 aliphatic carbocycles. The molecular weight excluding hydrogens is 572 g/mol. The number of epoxide rings is 1. The highest BCUT2D eigenvalue weighted by atomic mass is 35.5. The first-order valence-corrected chi connectivity index (χ1v) is 15.2. The molecule has 12 atom stereocenters. The van der Waals surface area contributed by atoms with Crippen molar-refractivity contribution in [3.8, 4) is 0 Å². The highest BCUT2D eigenvalue weighted by molar-refractivity contribution is 6.23. The lowest BCUT2D eigenvalue weighted by Crippen LogP contribution is -2.73. The third-order valence-electron chi connectivity index (χ3n) is 9.63. The fourth-order valence-corrected chi connectivity index (χ4v) is 7.79. The molecule has 4 rings (SSSR count). The van der Waals surface area contributed by atoms with E-state index in [4.69, 9.17) is 35.3 Å². The highest BCUT2D eigenvalue weighted by Gasteiger charge is 2.79. The summed E-state index contributed by atoms with van der Waals surface area (Å²) in [7, 11) is 0. The molecule has 0 amide bonds. The maximum absolute atomic E-state index is 13.0. The summed E-state index contributed by atoms with van der Waals surface area (Å²) in [6.45, 7) is 13.5. The number of ether oxygens (including phenoxy) is 5. The van der Waals surface area contributed by atoms with Gasteiger partial charge in [0.2, 0.25) is 0 Å². The Kier molecular flexibility index (Phi) is 9.11.